The number of hydrogen-bond acceptors (Lipinski definition) is 4. The van der Waals surface area contributed by atoms with E-state index in [2.05, 4.69) is 17.6 Å². The summed E-state index contributed by atoms with van der Waals surface area (Å²) >= 11 is 0. The zero-order valence-corrected chi connectivity index (χ0v) is 12.3. The first-order valence-corrected chi connectivity index (χ1v) is 7.39. The maximum absolute atomic E-state index is 12.6. The van der Waals surface area contributed by atoms with E-state index in [0.29, 0.717) is 13.2 Å². The Kier molecular flexibility index (Phi) is 7.34. The maximum atomic E-state index is 12.6. The van der Waals surface area contributed by atoms with E-state index in [1.165, 1.54) is 0 Å². The predicted octanol–water partition coefficient (Wildman–Crippen LogP) is 0.636. The van der Waals surface area contributed by atoms with Gasteiger partial charge >= 0.3 is 0 Å². The monoisotopic (exact) mass is 271 g/mol. The Morgan fingerprint density at radius 2 is 2.16 bits per heavy atom. The van der Waals surface area contributed by atoms with Crippen molar-refractivity contribution < 1.29 is 9.53 Å². The molecule has 1 atom stereocenters. The second-order valence-corrected chi connectivity index (χ2v) is 5.51. The number of carbonyl (C=O) groups is 1. The summed E-state index contributed by atoms with van der Waals surface area (Å²) in [6.07, 6.45) is 4.84. The van der Waals surface area contributed by atoms with E-state index in [1.807, 2.05) is 0 Å². The number of hydrogen-bond donors (Lipinski definition) is 3. The molecule has 112 valence electrons. The van der Waals surface area contributed by atoms with Crippen LogP contribution in [0.2, 0.25) is 0 Å². The van der Waals surface area contributed by atoms with Crippen molar-refractivity contribution in [1.29, 1.82) is 0 Å². The zero-order valence-electron chi connectivity index (χ0n) is 12.3. The molecule has 4 N–H and O–H groups in total. The second-order valence-electron chi connectivity index (χ2n) is 5.51. The minimum Gasteiger partial charge on any atom is -0.384 e. The van der Waals surface area contributed by atoms with Crippen LogP contribution in [0.1, 0.15) is 39.0 Å². The van der Waals surface area contributed by atoms with Gasteiger partial charge in [-0.05, 0) is 32.4 Å². The maximum Gasteiger partial charge on any atom is 0.228 e. The molecular formula is C14H29N3O2. The van der Waals surface area contributed by atoms with E-state index >= 15 is 0 Å². The Hall–Kier alpha value is -0.650. The van der Waals surface area contributed by atoms with Crippen molar-refractivity contribution in [3.05, 3.63) is 0 Å². The Morgan fingerprint density at radius 3 is 2.68 bits per heavy atom. The van der Waals surface area contributed by atoms with Crippen LogP contribution in [0, 0.1) is 5.41 Å². The van der Waals surface area contributed by atoms with Gasteiger partial charge < -0.3 is 21.1 Å². The smallest absolute Gasteiger partial charge is 0.228 e. The molecule has 0 bridgehead atoms. The molecule has 0 aromatic carbocycles. The Bertz CT molecular complexity index is 260. The summed E-state index contributed by atoms with van der Waals surface area (Å²) in [6.45, 7) is 4.89. The van der Waals surface area contributed by atoms with E-state index in [1.54, 1.807) is 7.11 Å². The third-order valence-electron chi connectivity index (χ3n) is 3.99. The van der Waals surface area contributed by atoms with Gasteiger partial charge in [0.25, 0.3) is 0 Å². The van der Waals surface area contributed by atoms with Gasteiger partial charge in [0.2, 0.25) is 5.91 Å². The number of amides is 1. The van der Waals surface area contributed by atoms with Crippen molar-refractivity contribution in [3.8, 4) is 0 Å². The molecule has 0 radical (unpaired) electrons. The summed E-state index contributed by atoms with van der Waals surface area (Å²) in [6, 6.07) is 0.0936. The topological polar surface area (TPSA) is 76.4 Å². The van der Waals surface area contributed by atoms with Gasteiger partial charge in [-0.3, -0.25) is 4.79 Å². The van der Waals surface area contributed by atoms with Crippen LogP contribution >= 0.6 is 0 Å². The number of piperidine rings is 1. The number of nitrogens with two attached hydrogens (primary N) is 1. The van der Waals surface area contributed by atoms with E-state index < -0.39 is 0 Å². The van der Waals surface area contributed by atoms with Gasteiger partial charge in [-0.15, -0.1) is 0 Å². The van der Waals surface area contributed by atoms with Gasteiger partial charge in [-0.2, -0.15) is 0 Å². The van der Waals surface area contributed by atoms with Crippen LogP contribution in [-0.2, 0) is 9.53 Å². The second kappa shape index (κ2) is 8.51. The van der Waals surface area contributed by atoms with Crippen LogP contribution < -0.4 is 16.4 Å². The first-order chi connectivity index (χ1) is 9.18. The predicted molar refractivity (Wildman–Crippen MR) is 76.9 cm³/mol. The van der Waals surface area contributed by atoms with Crippen LogP contribution in [0.5, 0.6) is 0 Å². The summed E-state index contributed by atoms with van der Waals surface area (Å²) in [5.74, 6) is 0.113. The third kappa shape index (κ3) is 4.75. The number of methoxy groups -OCH3 is 1. The van der Waals surface area contributed by atoms with Gasteiger partial charge in [0.1, 0.15) is 0 Å². The van der Waals surface area contributed by atoms with Gasteiger partial charge in [0.15, 0.2) is 0 Å². The molecule has 5 nitrogen and oxygen atoms in total. The average Bonchev–Trinajstić information content (AvgIpc) is 2.44. The fourth-order valence-electron chi connectivity index (χ4n) is 2.66. The molecule has 0 saturated carbocycles. The highest BCUT2D eigenvalue weighted by molar-refractivity contribution is 5.83. The largest absolute Gasteiger partial charge is 0.384 e. The lowest BCUT2D eigenvalue weighted by Crippen LogP contribution is -2.53. The summed E-state index contributed by atoms with van der Waals surface area (Å²) in [5.41, 5.74) is 5.37. The van der Waals surface area contributed by atoms with E-state index in [4.69, 9.17) is 10.5 Å². The summed E-state index contributed by atoms with van der Waals surface area (Å²) in [4.78, 5) is 12.6. The van der Waals surface area contributed by atoms with Gasteiger partial charge in [-0.1, -0.05) is 19.8 Å². The average molecular weight is 271 g/mol. The molecule has 1 heterocycles. The number of nitrogens with one attached hydrogen (secondary N) is 2. The lowest BCUT2D eigenvalue weighted by atomic mass is 9.78. The van der Waals surface area contributed by atoms with Crippen LogP contribution in [0.3, 0.4) is 0 Å². The van der Waals surface area contributed by atoms with Gasteiger partial charge in [0, 0.05) is 19.7 Å². The van der Waals surface area contributed by atoms with Crippen LogP contribution in [0.25, 0.3) is 0 Å². The lowest BCUT2D eigenvalue weighted by molar-refractivity contribution is -0.137. The van der Waals surface area contributed by atoms with E-state index in [0.717, 1.165) is 45.2 Å². The molecule has 1 aliphatic rings. The molecule has 0 aliphatic carbocycles. The number of unbranched alkanes of at least 4 members (excludes halogenated alkanes) is 1. The first-order valence-electron chi connectivity index (χ1n) is 7.39. The molecule has 1 rings (SSSR count). The minimum atomic E-state index is -0.375. The zero-order chi connectivity index (χ0) is 14.1. The molecule has 1 unspecified atom stereocenters. The summed E-state index contributed by atoms with van der Waals surface area (Å²) in [7, 11) is 1.66. The van der Waals surface area contributed by atoms with Crippen LogP contribution in [0.15, 0.2) is 0 Å². The van der Waals surface area contributed by atoms with Crippen molar-refractivity contribution in [1.82, 2.24) is 10.6 Å². The number of carbonyl (C=O) groups excluding carboxylic acids is 1. The lowest BCUT2D eigenvalue weighted by Gasteiger charge is -2.36. The Balaban J connectivity index is 2.60. The minimum absolute atomic E-state index is 0.0936. The number of rotatable bonds is 8. The quantitative estimate of drug-likeness (QED) is 0.605. The fourth-order valence-corrected chi connectivity index (χ4v) is 2.66. The van der Waals surface area contributed by atoms with Crippen molar-refractivity contribution in [2.45, 2.75) is 45.1 Å². The van der Waals surface area contributed by atoms with Crippen molar-refractivity contribution in [3.63, 3.8) is 0 Å². The molecular weight excluding hydrogens is 242 g/mol. The molecule has 0 spiro atoms. The highest BCUT2D eigenvalue weighted by atomic mass is 16.5. The molecule has 5 heteroatoms. The molecule has 1 amide bonds. The molecule has 1 fully saturated rings. The van der Waals surface area contributed by atoms with Crippen molar-refractivity contribution >= 4 is 5.91 Å². The summed E-state index contributed by atoms with van der Waals surface area (Å²) in [5, 5.41) is 6.42. The van der Waals surface area contributed by atoms with Gasteiger partial charge in [0.05, 0.1) is 12.0 Å². The van der Waals surface area contributed by atoms with E-state index in [9.17, 15) is 4.79 Å². The highest BCUT2D eigenvalue weighted by Gasteiger charge is 2.40. The molecule has 1 saturated heterocycles. The van der Waals surface area contributed by atoms with E-state index in [-0.39, 0.29) is 17.4 Å². The normalized spacial score (nSPS) is 19.9. The van der Waals surface area contributed by atoms with Crippen molar-refractivity contribution in [2.75, 3.05) is 33.4 Å². The van der Waals surface area contributed by atoms with Crippen molar-refractivity contribution in [2.24, 2.45) is 11.1 Å². The Morgan fingerprint density at radius 1 is 1.47 bits per heavy atom. The molecule has 19 heavy (non-hydrogen) atoms. The third-order valence-corrected chi connectivity index (χ3v) is 3.99. The van der Waals surface area contributed by atoms with Gasteiger partial charge in [-0.25, -0.2) is 0 Å². The Labute approximate surface area is 116 Å². The van der Waals surface area contributed by atoms with Crippen LogP contribution in [-0.4, -0.2) is 45.3 Å². The number of ether oxygens (including phenoxy) is 1. The molecule has 0 aromatic heterocycles. The standard InChI is InChI=1S/C14H29N3O2/c1-3-4-5-12(10-15)17-13(18)14(11-19-2)6-8-16-9-7-14/h12,16H,3-11,15H2,1-2H3,(H,17,18). The summed E-state index contributed by atoms with van der Waals surface area (Å²) < 4.78 is 5.28. The molecule has 1 aliphatic heterocycles. The fraction of sp³-hybridized carbons (Fsp3) is 0.929. The highest BCUT2D eigenvalue weighted by Crippen LogP contribution is 2.29. The first kappa shape index (κ1) is 16.4. The molecule has 0 aromatic rings. The van der Waals surface area contributed by atoms with Crippen LogP contribution in [0.4, 0.5) is 0 Å². The SMILES string of the molecule is CCCCC(CN)NC(=O)C1(COC)CCNCC1.